The number of aliphatic hydroxyl groups is 1. The second kappa shape index (κ2) is 28.3. The molecule has 0 bridgehead atoms. The zero-order valence-electron chi connectivity index (χ0n) is 12.3. The first kappa shape index (κ1) is 29.2. The van der Waals surface area contributed by atoms with Crippen molar-refractivity contribution in [3.8, 4) is 0 Å². The fraction of sp³-hybridized carbons (Fsp3) is 0.533. The van der Waals surface area contributed by atoms with Gasteiger partial charge in [-0.15, -0.1) is 0 Å². The quantitative estimate of drug-likeness (QED) is 0.354. The number of rotatable bonds is 5. The Bertz CT molecular complexity index is 301. The SMILES string of the molecule is C/C=C/C=C/C(O)CCC1OCCCO1.[C-]#[O+].[C-]#[O+].[C-]#[O+].[Fe]. The minimum Gasteiger partial charge on any atom is 0 e. The van der Waals surface area contributed by atoms with Crippen molar-refractivity contribution in [1.82, 2.24) is 0 Å². The van der Waals surface area contributed by atoms with Crippen molar-refractivity contribution in [2.24, 2.45) is 0 Å². The van der Waals surface area contributed by atoms with E-state index in [1.165, 1.54) is 0 Å². The molecule has 0 amide bonds. The van der Waals surface area contributed by atoms with Crippen LogP contribution in [0, 0.1) is 20.0 Å². The Morgan fingerprint density at radius 2 is 1.59 bits per heavy atom. The maximum absolute atomic E-state index is 9.57. The van der Waals surface area contributed by atoms with Gasteiger partial charge in [-0.25, -0.2) is 0 Å². The molecule has 0 radical (unpaired) electrons. The standard InChI is InChI=1S/C12H20O3.3CO.Fe/c1-2-3-4-6-11(13)7-8-12-14-9-5-10-15-12;3*1-2;/h2-4,6,11-13H,5,7-10H2,1H3;;;;/b3-2+,6-4+;;;;. The van der Waals surface area contributed by atoms with Crippen molar-refractivity contribution in [2.75, 3.05) is 13.2 Å². The van der Waals surface area contributed by atoms with Crippen LogP contribution in [0.2, 0.25) is 0 Å². The monoisotopic (exact) mass is 352 g/mol. The van der Waals surface area contributed by atoms with Gasteiger partial charge in [-0.05, 0) is 19.8 Å². The average molecular weight is 352 g/mol. The Balaban J connectivity index is -0.000000206. The molecule has 1 unspecified atom stereocenters. The van der Waals surface area contributed by atoms with Crippen molar-refractivity contribution >= 4 is 0 Å². The number of allylic oxidation sites excluding steroid dienone is 3. The number of hydrogen-bond donors (Lipinski definition) is 1. The summed E-state index contributed by atoms with van der Waals surface area (Å²) in [5.74, 6) is 0. The maximum Gasteiger partial charge on any atom is 0 e. The molecule has 7 heteroatoms. The van der Waals surface area contributed by atoms with Crippen LogP contribution < -0.4 is 0 Å². The molecule has 6 nitrogen and oxygen atoms in total. The summed E-state index contributed by atoms with van der Waals surface area (Å²) in [4.78, 5) is 0. The minimum atomic E-state index is -0.407. The summed E-state index contributed by atoms with van der Waals surface area (Å²) in [5.41, 5.74) is 0. The molecule has 1 atom stereocenters. The van der Waals surface area contributed by atoms with Crippen LogP contribution in [0.25, 0.3) is 0 Å². The van der Waals surface area contributed by atoms with Crippen LogP contribution in [0.5, 0.6) is 0 Å². The van der Waals surface area contributed by atoms with Crippen LogP contribution >= 0.6 is 0 Å². The summed E-state index contributed by atoms with van der Waals surface area (Å²) in [6.45, 7) is 17.0. The third kappa shape index (κ3) is 21.4. The average Bonchev–Trinajstić information content (AvgIpc) is 2.60. The molecule has 0 aromatic rings. The molecule has 1 heterocycles. The summed E-state index contributed by atoms with van der Waals surface area (Å²) in [6.07, 6.45) is 9.34. The molecule has 0 spiro atoms. The number of hydrogen-bond acceptors (Lipinski definition) is 3. The molecule has 1 rings (SSSR count). The Labute approximate surface area is 142 Å². The third-order valence-corrected chi connectivity index (χ3v) is 2.23. The van der Waals surface area contributed by atoms with Crippen molar-refractivity contribution in [3.05, 3.63) is 44.3 Å². The molecule has 22 heavy (non-hydrogen) atoms. The second-order valence-electron chi connectivity index (χ2n) is 3.58. The molecule has 1 N–H and O–H groups in total. The van der Waals surface area contributed by atoms with Gasteiger partial charge in [0.15, 0.2) is 6.29 Å². The van der Waals surface area contributed by atoms with E-state index in [0.29, 0.717) is 6.42 Å². The van der Waals surface area contributed by atoms with Gasteiger partial charge in [0.2, 0.25) is 0 Å². The zero-order valence-corrected chi connectivity index (χ0v) is 13.4. The van der Waals surface area contributed by atoms with Crippen molar-refractivity contribution in [1.29, 1.82) is 0 Å². The summed E-state index contributed by atoms with van der Waals surface area (Å²) < 4.78 is 33.3. The molecular weight excluding hydrogens is 332 g/mol. The van der Waals surface area contributed by atoms with Gasteiger partial charge in [0, 0.05) is 23.5 Å². The maximum atomic E-state index is 9.57. The van der Waals surface area contributed by atoms with Crippen LogP contribution in [0.15, 0.2) is 24.3 Å². The van der Waals surface area contributed by atoms with E-state index in [-0.39, 0.29) is 23.4 Å². The fourth-order valence-electron chi connectivity index (χ4n) is 1.41. The smallest absolute Gasteiger partial charge is 0 e. The van der Waals surface area contributed by atoms with Gasteiger partial charge in [-0.2, -0.15) is 0 Å². The normalized spacial score (nSPS) is 14.9. The van der Waals surface area contributed by atoms with Gasteiger partial charge in [0.1, 0.15) is 0 Å². The van der Waals surface area contributed by atoms with Crippen LogP contribution in [0.3, 0.4) is 0 Å². The Kier molecular flexibility index (Phi) is 37.5. The van der Waals surface area contributed by atoms with Gasteiger partial charge >= 0.3 is 33.9 Å². The van der Waals surface area contributed by atoms with Crippen LogP contribution in [-0.2, 0) is 40.5 Å². The van der Waals surface area contributed by atoms with E-state index in [1.54, 1.807) is 6.08 Å². The van der Waals surface area contributed by atoms with E-state index in [0.717, 1.165) is 26.1 Å². The Morgan fingerprint density at radius 3 is 2.05 bits per heavy atom. The van der Waals surface area contributed by atoms with Gasteiger partial charge in [-0.1, -0.05) is 24.3 Å². The summed E-state index contributed by atoms with van der Waals surface area (Å²) in [6, 6.07) is 0. The minimum absolute atomic E-state index is 0. The largest absolute Gasteiger partial charge is 0 e. The predicted octanol–water partition coefficient (Wildman–Crippen LogP) is 1.91. The topological polar surface area (TPSA) is 98.4 Å². The van der Waals surface area contributed by atoms with E-state index in [4.69, 9.17) is 23.4 Å². The molecular formula is C15H20FeO6. The first-order chi connectivity index (χ1) is 10.3. The molecule has 0 aromatic heterocycles. The number of ether oxygens (including phenoxy) is 2. The third-order valence-electron chi connectivity index (χ3n) is 2.23. The second-order valence-corrected chi connectivity index (χ2v) is 3.58. The van der Waals surface area contributed by atoms with Gasteiger partial charge in [0.25, 0.3) is 0 Å². The van der Waals surface area contributed by atoms with Crippen LogP contribution in [0.1, 0.15) is 26.2 Å². The molecule has 1 aliphatic heterocycles. The van der Waals surface area contributed by atoms with E-state index >= 15 is 0 Å². The summed E-state index contributed by atoms with van der Waals surface area (Å²) >= 11 is 0. The molecule has 0 aliphatic carbocycles. The molecule has 0 aromatic carbocycles. The van der Waals surface area contributed by atoms with E-state index in [9.17, 15) is 5.11 Å². The van der Waals surface area contributed by atoms with Gasteiger partial charge in [-0.3, -0.25) is 0 Å². The fourth-order valence-corrected chi connectivity index (χ4v) is 1.41. The van der Waals surface area contributed by atoms with Crippen molar-refractivity contribution in [2.45, 2.75) is 38.6 Å². The number of aliphatic hydroxyl groups excluding tert-OH is 1. The Hall–Kier alpha value is -0.901. The van der Waals surface area contributed by atoms with Crippen molar-refractivity contribution < 1.29 is 45.6 Å². The predicted molar refractivity (Wildman–Crippen MR) is 71.3 cm³/mol. The zero-order chi connectivity index (χ0) is 16.9. The molecule has 1 saturated heterocycles. The van der Waals surface area contributed by atoms with E-state index in [1.807, 2.05) is 25.2 Å². The van der Waals surface area contributed by atoms with E-state index < -0.39 is 6.10 Å². The summed E-state index contributed by atoms with van der Waals surface area (Å²) in [5, 5.41) is 9.57. The van der Waals surface area contributed by atoms with Crippen LogP contribution in [-0.4, -0.2) is 30.7 Å². The molecule has 1 aliphatic rings. The Morgan fingerprint density at radius 1 is 1.09 bits per heavy atom. The van der Waals surface area contributed by atoms with Crippen LogP contribution in [0.4, 0.5) is 0 Å². The summed E-state index contributed by atoms with van der Waals surface area (Å²) in [7, 11) is 0. The van der Waals surface area contributed by atoms with E-state index in [2.05, 4.69) is 20.0 Å². The first-order valence-corrected chi connectivity index (χ1v) is 6.15. The van der Waals surface area contributed by atoms with Gasteiger partial charge < -0.3 is 14.6 Å². The molecule has 124 valence electrons. The first-order valence-electron chi connectivity index (χ1n) is 6.15. The molecule has 0 saturated carbocycles. The van der Waals surface area contributed by atoms with Gasteiger partial charge in [0.05, 0.1) is 19.3 Å². The molecule has 1 fully saturated rings. The van der Waals surface area contributed by atoms with Crippen molar-refractivity contribution in [3.63, 3.8) is 0 Å².